The van der Waals surface area contributed by atoms with Crippen LogP contribution in [-0.4, -0.2) is 30.2 Å². The van der Waals surface area contributed by atoms with Gasteiger partial charge in [0, 0.05) is 48.2 Å². The third-order valence-corrected chi connectivity index (χ3v) is 3.91. The minimum atomic E-state index is 0.674. The molecule has 6 heteroatoms. The van der Waals surface area contributed by atoms with Crippen molar-refractivity contribution >= 4 is 27.5 Å². The van der Waals surface area contributed by atoms with Crippen LogP contribution in [0.3, 0.4) is 0 Å². The summed E-state index contributed by atoms with van der Waals surface area (Å²) in [5, 5.41) is 3.92. The fourth-order valence-electron chi connectivity index (χ4n) is 1.64. The van der Waals surface area contributed by atoms with Crippen LogP contribution in [0, 0.1) is 0 Å². The van der Waals surface area contributed by atoms with E-state index in [1.807, 2.05) is 30.6 Å². The zero-order valence-corrected chi connectivity index (χ0v) is 13.4. The summed E-state index contributed by atoms with van der Waals surface area (Å²) in [7, 11) is 1.68. The van der Waals surface area contributed by atoms with Crippen LogP contribution in [0.5, 0.6) is 0 Å². The molecule has 0 aliphatic carbocycles. The van der Waals surface area contributed by atoms with Crippen molar-refractivity contribution in [3.05, 3.63) is 45.7 Å². The summed E-state index contributed by atoms with van der Waals surface area (Å²) in [6.45, 7) is 2.23. The van der Waals surface area contributed by atoms with Crippen LogP contribution < -0.4 is 5.32 Å². The predicted molar refractivity (Wildman–Crippen MR) is 83.8 cm³/mol. The lowest BCUT2D eigenvalue weighted by molar-refractivity contribution is 0.199. The average Bonchev–Trinajstić information content (AvgIpc) is 2.47. The second kappa shape index (κ2) is 7.69. The highest BCUT2D eigenvalue weighted by molar-refractivity contribution is 9.10. The molecule has 1 aromatic heterocycles. The molecule has 0 radical (unpaired) electrons. The van der Waals surface area contributed by atoms with E-state index in [1.54, 1.807) is 7.11 Å². The molecule has 0 bridgehead atoms. The number of hydrogen-bond acceptors (Lipinski definition) is 4. The van der Waals surface area contributed by atoms with Crippen LogP contribution >= 0.6 is 27.5 Å². The van der Waals surface area contributed by atoms with E-state index in [2.05, 4.69) is 31.2 Å². The van der Waals surface area contributed by atoms with Gasteiger partial charge in [-0.1, -0.05) is 11.6 Å². The monoisotopic (exact) mass is 355 g/mol. The number of benzene rings is 1. The Morgan fingerprint density at radius 1 is 1.30 bits per heavy atom. The van der Waals surface area contributed by atoms with Gasteiger partial charge in [-0.05, 0) is 34.1 Å². The summed E-state index contributed by atoms with van der Waals surface area (Å²) in [5.74, 6) is 0.683. The predicted octanol–water partition coefficient (Wildman–Crippen LogP) is 3.30. The van der Waals surface area contributed by atoms with Gasteiger partial charge >= 0.3 is 0 Å². The highest BCUT2D eigenvalue weighted by atomic mass is 79.9. The van der Waals surface area contributed by atoms with Crippen LogP contribution in [0.25, 0.3) is 11.4 Å². The molecule has 2 aromatic rings. The summed E-state index contributed by atoms with van der Waals surface area (Å²) in [5.41, 5.74) is 1.97. The van der Waals surface area contributed by atoms with E-state index in [4.69, 9.17) is 16.3 Å². The van der Waals surface area contributed by atoms with E-state index >= 15 is 0 Å². The highest BCUT2D eigenvalue weighted by Crippen LogP contribution is 2.26. The number of rotatable bonds is 6. The van der Waals surface area contributed by atoms with Gasteiger partial charge in [-0.2, -0.15) is 0 Å². The first-order valence-electron chi connectivity index (χ1n) is 6.16. The third-order valence-electron chi connectivity index (χ3n) is 2.70. The first-order valence-corrected chi connectivity index (χ1v) is 7.34. The van der Waals surface area contributed by atoms with Crippen molar-refractivity contribution in [2.45, 2.75) is 6.54 Å². The molecule has 1 heterocycles. The summed E-state index contributed by atoms with van der Waals surface area (Å²) in [6.07, 6.45) is 3.65. The van der Waals surface area contributed by atoms with Gasteiger partial charge in [0.15, 0.2) is 5.82 Å². The van der Waals surface area contributed by atoms with E-state index in [0.29, 0.717) is 17.5 Å². The molecule has 4 nitrogen and oxygen atoms in total. The number of halogens is 2. The fraction of sp³-hybridized carbons (Fsp3) is 0.286. The minimum Gasteiger partial charge on any atom is -0.383 e. The number of nitrogens with one attached hydrogen (secondary N) is 1. The lowest BCUT2D eigenvalue weighted by Gasteiger charge is -2.05. The van der Waals surface area contributed by atoms with Gasteiger partial charge in [-0.25, -0.2) is 9.97 Å². The van der Waals surface area contributed by atoms with Crippen molar-refractivity contribution in [1.29, 1.82) is 0 Å². The number of nitrogens with zero attached hydrogens (tertiary/aromatic N) is 2. The Morgan fingerprint density at radius 3 is 2.70 bits per heavy atom. The molecule has 0 aliphatic rings. The van der Waals surface area contributed by atoms with E-state index in [0.717, 1.165) is 28.7 Å². The number of methoxy groups -OCH3 is 1. The Bertz CT molecular complexity index is 563. The maximum absolute atomic E-state index is 5.97. The van der Waals surface area contributed by atoms with Gasteiger partial charge in [0.1, 0.15) is 0 Å². The van der Waals surface area contributed by atoms with Crippen LogP contribution in [-0.2, 0) is 11.3 Å². The third kappa shape index (κ3) is 4.24. The smallest absolute Gasteiger partial charge is 0.159 e. The van der Waals surface area contributed by atoms with E-state index in [9.17, 15) is 0 Å². The lowest BCUT2D eigenvalue weighted by Crippen LogP contribution is -2.18. The lowest BCUT2D eigenvalue weighted by atomic mass is 10.2. The van der Waals surface area contributed by atoms with Crippen LogP contribution in [0.4, 0.5) is 0 Å². The van der Waals surface area contributed by atoms with Crippen LogP contribution in [0.1, 0.15) is 5.56 Å². The van der Waals surface area contributed by atoms with Gasteiger partial charge in [-0.3, -0.25) is 0 Å². The second-order valence-electron chi connectivity index (χ2n) is 4.21. The molecule has 0 amide bonds. The van der Waals surface area contributed by atoms with Crippen molar-refractivity contribution in [2.75, 3.05) is 20.3 Å². The van der Waals surface area contributed by atoms with Crippen molar-refractivity contribution < 1.29 is 4.74 Å². The molecule has 106 valence electrons. The average molecular weight is 357 g/mol. The van der Waals surface area contributed by atoms with Crippen molar-refractivity contribution in [1.82, 2.24) is 15.3 Å². The maximum Gasteiger partial charge on any atom is 0.159 e. The van der Waals surface area contributed by atoms with E-state index in [-0.39, 0.29) is 0 Å². The number of aromatic nitrogens is 2. The fourth-order valence-corrected chi connectivity index (χ4v) is 2.13. The largest absolute Gasteiger partial charge is 0.383 e. The van der Waals surface area contributed by atoms with Crippen molar-refractivity contribution in [3.63, 3.8) is 0 Å². The quantitative estimate of drug-likeness (QED) is 0.807. The first-order chi connectivity index (χ1) is 9.70. The summed E-state index contributed by atoms with van der Waals surface area (Å²) >= 11 is 9.37. The molecule has 1 aromatic carbocycles. The Hall–Kier alpha value is -1.01. The van der Waals surface area contributed by atoms with E-state index < -0.39 is 0 Å². The normalized spacial score (nSPS) is 10.8. The molecule has 0 aliphatic heterocycles. The molecule has 1 N–H and O–H groups in total. The number of ether oxygens (including phenoxy) is 1. The molecule has 0 atom stereocenters. The van der Waals surface area contributed by atoms with E-state index in [1.165, 1.54) is 0 Å². The zero-order valence-electron chi connectivity index (χ0n) is 11.1. The van der Waals surface area contributed by atoms with Crippen LogP contribution in [0.2, 0.25) is 5.02 Å². The Balaban J connectivity index is 2.02. The Labute approximate surface area is 131 Å². The second-order valence-corrected chi connectivity index (χ2v) is 5.47. The van der Waals surface area contributed by atoms with Crippen molar-refractivity contribution in [2.24, 2.45) is 0 Å². The molecule has 0 spiro atoms. The molecular formula is C14H15BrClN3O. The maximum atomic E-state index is 5.97. The van der Waals surface area contributed by atoms with Gasteiger partial charge in [0.2, 0.25) is 0 Å². The van der Waals surface area contributed by atoms with Gasteiger partial charge < -0.3 is 10.1 Å². The summed E-state index contributed by atoms with van der Waals surface area (Å²) in [6, 6.07) is 5.64. The van der Waals surface area contributed by atoms with Gasteiger partial charge in [-0.15, -0.1) is 0 Å². The Kier molecular flexibility index (Phi) is 5.91. The number of hydrogen-bond donors (Lipinski definition) is 1. The molecular weight excluding hydrogens is 342 g/mol. The molecule has 20 heavy (non-hydrogen) atoms. The van der Waals surface area contributed by atoms with Crippen molar-refractivity contribution in [3.8, 4) is 11.4 Å². The molecule has 2 rings (SSSR count). The molecule has 0 saturated heterocycles. The highest BCUT2D eigenvalue weighted by Gasteiger charge is 2.04. The minimum absolute atomic E-state index is 0.674. The van der Waals surface area contributed by atoms with Gasteiger partial charge in [0.25, 0.3) is 0 Å². The molecule has 0 fully saturated rings. The summed E-state index contributed by atoms with van der Waals surface area (Å²) < 4.78 is 5.81. The Morgan fingerprint density at radius 2 is 2.05 bits per heavy atom. The molecule has 0 saturated carbocycles. The molecule has 0 unspecified atom stereocenters. The zero-order chi connectivity index (χ0) is 14.4. The van der Waals surface area contributed by atoms with Gasteiger partial charge in [0.05, 0.1) is 11.6 Å². The first kappa shape index (κ1) is 15.4. The standard InChI is InChI=1S/C14H15BrClN3O/c1-20-5-4-17-7-10-8-18-14(19-9-10)11-2-3-13(16)12(15)6-11/h2-3,6,8-9,17H,4-5,7H2,1H3. The SMILES string of the molecule is COCCNCc1cnc(-c2ccc(Cl)c(Br)c2)nc1. The van der Waals surface area contributed by atoms with Crippen LogP contribution in [0.15, 0.2) is 35.1 Å². The topological polar surface area (TPSA) is 47.0 Å². The summed E-state index contributed by atoms with van der Waals surface area (Å²) in [4.78, 5) is 8.74.